The SMILES string of the molecule is CC[PH+](CC)CCCc1ccccc1.[Cl-]. The lowest BCUT2D eigenvalue weighted by Gasteiger charge is -2.05. The zero-order chi connectivity index (χ0) is 10.2. The second-order valence-corrected chi connectivity index (χ2v) is 7.21. The van der Waals surface area contributed by atoms with Crippen LogP contribution in [0.1, 0.15) is 25.8 Å². The zero-order valence-corrected chi connectivity index (χ0v) is 11.6. The molecular formula is C13H22ClP. The maximum Gasteiger partial charge on any atom is 0.0574 e. The first kappa shape index (κ1) is 14.9. The average molecular weight is 245 g/mol. The smallest absolute Gasteiger partial charge is 0.0574 e. The van der Waals surface area contributed by atoms with Gasteiger partial charge in [-0.15, -0.1) is 0 Å². The molecule has 0 aromatic heterocycles. The van der Waals surface area contributed by atoms with Crippen LogP contribution in [0.3, 0.4) is 0 Å². The molecule has 0 amide bonds. The molecule has 0 saturated carbocycles. The second kappa shape index (κ2) is 9.19. The first-order valence-electron chi connectivity index (χ1n) is 5.74. The Balaban J connectivity index is 0.00000196. The molecule has 0 heterocycles. The standard InChI is InChI=1S/C13H21P.ClH/c1-3-14(4-2)12-8-11-13-9-6-5-7-10-13;/h5-7,9-10H,3-4,8,11-12H2,1-2H3;1H. The lowest BCUT2D eigenvalue weighted by Crippen LogP contribution is -3.00. The number of benzene rings is 1. The summed E-state index contributed by atoms with van der Waals surface area (Å²) in [6.45, 7) is 4.70. The Morgan fingerprint density at radius 3 is 2.13 bits per heavy atom. The van der Waals surface area contributed by atoms with Crippen molar-refractivity contribution < 1.29 is 12.4 Å². The van der Waals surface area contributed by atoms with Crippen LogP contribution < -0.4 is 12.4 Å². The zero-order valence-electron chi connectivity index (χ0n) is 9.80. The van der Waals surface area contributed by atoms with Crippen molar-refractivity contribution in [2.75, 3.05) is 18.5 Å². The van der Waals surface area contributed by atoms with Gasteiger partial charge in [-0.1, -0.05) is 30.3 Å². The molecule has 0 nitrogen and oxygen atoms in total. The minimum Gasteiger partial charge on any atom is -1.00 e. The summed E-state index contributed by atoms with van der Waals surface area (Å²) in [5.41, 5.74) is 1.50. The average Bonchev–Trinajstić information content (AvgIpc) is 2.26. The first-order valence-corrected chi connectivity index (χ1v) is 7.86. The molecule has 1 rings (SSSR count). The molecule has 0 atom stereocenters. The van der Waals surface area contributed by atoms with Crippen LogP contribution >= 0.6 is 7.92 Å². The van der Waals surface area contributed by atoms with Gasteiger partial charge >= 0.3 is 0 Å². The van der Waals surface area contributed by atoms with Crippen LogP contribution in [-0.4, -0.2) is 18.5 Å². The van der Waals surface area contributed by atoms with E-state index in [1.807, 2.05) is 0 Å². The highest BCUT2D eigenvalue weighted by atomic mass is 35.5. The minimum absolute atomic E-state index is 0. The van der Waals surface area contributed by atoms with Crippen LogP contribution in [0.25, 0.3) is 0 Å². The summed E-state index contributed by atoms with van der Waals surface area (Å²) in [7, 11) is 0.00710. The molecule has 0 N–H and O–H groups in total. The van der Waals surface area contributed by atoms with Gasteiger partial charge in [-0.3, -0.25) is 0 Å². The fraction of sp³-hybridized carbons (Fsp3) is 0.538. The highest BCUT2D eigenvalue weighted by Gasteiger charge is 2.08. The van der Waals surface area contributed by atoms with Gasteiger partial charge in [0.05, 0.1) is 18.5 Å². The Kier molecular flexibility index (Phi) is 9.15. The van der Waals surface area contributed by atoms with Gasteiger partial charge in [-0.2, -0.15) is 0 Å². The Hall–Kier alpha value is -0.0600. The molecule has 0 saturated heterocycles. The number of aryl methyl sites for hydroxylation is 1. The van der Waals surface area contributed by atoms with Crippen molar-refractivity contribution >= 4 is 7.92 Å². The van der Waals surface area contributed by atoms with Crippen LogP contribution in [0.15, 0.2) is 30.3 Å². The maximum atomic E-state index is 2.35. The highest BCUT2D eigenvalue weighted by molar-refractivity contribution is 7.57. The molecule has 1 aromatic rings. The van der Waals surface area contributed by atoms with Crippen molar-refractivity contribution in [3.8, 4) is 0 Å². The lowest BCUT2D eigenvalue weighted by atomic mass is 10.1. The normalized spacial score (nSPS) is 10.1. The van der Waals surface area contributed by atoms with Crippen LogP contribution in [-0.2, 0) is 6.42 Å². The second-order valence-electron chi connectivity index (χ2n) is 3.80. The van der Waals surface area contributed by atoms with E-state index in [4.69, 9.17) is 0 Å². The molecule has 0 aliphatic rings. The number of hydrogen-bond donors (Lipinski definition) is 0. The lowest BCUT2D eigenvalue weighted by molar-refractivity contribution is -0.00000301. The van der Waals surface area contributed by atoms with Crippen molar-refractivity contribution in [3.63, 3.8) is 0 Å². The van der Waals surface area contributed by atoms with Gasteiger partial charge in [-0.25, -0.2) is 0 Å². The summed E-state index contributed by atoms with van der Waals surface area (Å²) in [5.74, 6) is 0. The van der Waals surface area contributed by atoms with Crippen LogP contribution in [0.5, 0.6) is 0 Å². The molecule has 0 bridgehead atoms. The van der Waals surface area contributed by atoms with E-state index in [-0.39, 0.29) is 20.3 Å². The molecule has 0 unspecified atom stereocenters. The Morgan fingerprint density at radius 1 is 1.00 bits per heavy atom. The van der Waals surface area contributed by atoms with Crippen LogP contribution in [0, 0.1) is 0 Å². The molecule has 86 valence electrons. The monoisotopic (exact) mass is 244 g/mol. The largest absolute Gasteiger partial charge is 1.00 e. The maximum absolute atomic E-state index is 2.35. The minimum atomic E-state index is 0. The molecule has 2 heteroatoms. The van der Waals surface area contributed by atoms with Crippen molar-refractivity contribution in [1.29, 1.82) is 0 Å². The number of halogens is 1. The van der Waals surface area contributed by atoms with E-state index in [1.165, 1.54) is 36.9 Å². The van der Waals surface area contributed by atoms with E-state index < -0.39 is 0 Å². The third kappa shape index (κ3) is 6.17. The first-order chi connectivity index (χ1) is 6.86. The topological polar surface area (TPSA) is 0 Å². The molecule has 0 spiro atoms. The van der Waals surface area contributed by atoms with Crippen LogP contribution in [0.2, 0.25) is 0 Å². The van der Waals surface area contributed by atoms with Crippen molar-refractivity contribution in [2.45, 2.75) is 26.7 Å². The summed E-state index contributed by atoms with van der Waals surface area (Å²) in [6, 6.07) is 10.9. The summed E-state index contributed by atoms with van der Waals surface area (Å²) >= 11 is 0. The van der Waals surface area contributed by atoms with E-state index >= 15 is 0 Å². The summed E-state index contributed by atoms with van der Waals surface area (Å²) in [6.07, 6.45) is 7.04. The molecule has 0 aliphatic heterocycles. The number of hydrogen-bond acceptors (Lipinski definition) is 0. The van der Waals surface area contributed by atoms with Crippen molar-refractivity contribution in [2.24, 2.45) is 0 Å². The van der Waals surface area contributed by atoms with Crippen molar-refractivity contribution in [3.05, 3.63) is 35.9 Å². The van der Waals surface area contributed by atoms with Gasteiger partial charge in [0.15, 0.2) is 0 Å². The highest BCUT2D eigenvalue weighted by Crippen LogP contribution is 2.34. The van der Waals surface area contributed by atoms with E-state index in [9.17, 15) is 0 Å². The summed E-state index contributed by atoms with van der Waals surface area (Å²) < 4.78 is 0. The van der Waals surface area contributed by atoms with Gasteiger partial charge < -0.3 is 12.4 Å². The summed E-state index contributed by atoms with van der Waals surface area (Å²) in [5, 5.41) is 0. The molecular weight excluding hydrogens is 223 g/mol. The van der Waals surface area contributed by atoms with Gasteiger partial charge in [0.1, 0.15) is 0 Å². The van der Waals surface area contributed by atoms with E-state index in [2.05, 4.69) is 44.2 Å². The predicted molar refractivity (Wildman–Crippen MR) is 69.0 cm³/mol. The molecule has 0 fully saturated rings. The predicted octanol–water partition coefficient (Wildman–Crippen LogP) is 0.877. The third-order valence-corrected chi connectivity index (χ3v) is 5.90. The van der Waals surface area contributed by atoms with Crippen molar-refractivity contribution in [1.82, 2.24) is 0 Å². The number of rotatable bonds is 6. The van der Waals surface area contributed by atoms with Gasteiger partial charge in [0.2, 0.25) is 0 Å². The molecule has 1 aromatic carbocycles. The summed E-state index contributed by atoms with van der Waals surface area (Å²) in [4.78, 5) is 0. The fourth-order valence-corrected chi connectivity index (χ4v) is 3.67. The third-order valence-electron chi connectivity index (χ3n) is 2.84. The Bertz CT molecular complexity index is 232. The Morgan fingerprint density at radius 2 is 1.60 bits per heavy atom. The molecule has 15 heavy (non-hydrogen) atoms. The van der Waals surface area contributed by atoms with E-state index in [1.54, 1.807) is 0 Å². The van der Waals surface area contributed by atoms with Crippen LogP contribution in [0.4, 0.5) is 0 Å². The van der Waals surface area contributed by atoms with Gasteiger partial charge in [0.25, 0.3) is 0 Å². The quantitative estimate of drug-likeness (QED) is 0.652. The van der Waals surface area contributed by atoms with Gasteiger partial charge in [-0.05, 0) is 32.3 Å². The van der Waals surface area contributed by atoms with E-state index in [0.29, 0.717) is 0 Å². The molecule has 0 aliphatic carbocycles. The Labute approximate surface area is 102 Å². The molecule has 0 radical (unpaired) electrons. The van der Waals surface area contributed by atoms with Gasteiger partial charge in [0, 0.05) is 7.92 Å². The van der Waals surface area contributed by atoms with E-state index in [0.717, 1.165) is 0 Å². The fourth-order valence-electron chi connectivity index (χ4n) is 1.79.